The summed E-state index contributed by atoms with van der Waals surface area (Å²) in [4.78, 5) is 11.7. The van der Waals surface area contributed by atoms with Gasteiger partial charge in [0.2, 0.25) is 8.32 Å². The second-order valence-corrected chi connectivity index (χ2v) is 10.2. The molecule has 2 unspecified atom stereocenters. The van der Waals surface area contributed by atoms with E-state index in [0.717, 1.165) is 6.42 Å². The summed E-state index contributed by atoms with van der Waals surface area (Å²) in [7, 11) is -0.912. The van der Waals surface area contributed by atoms with E-state index in [0.29, 0.717) is 13.2 Å². The number of carbonyl (C=O) groups is 1. The molecule has 0 aliphatic carbocycles. The molecule has 0 saturated carbocycles. The molecule has 22 heavy (non-hydrogen) atoms. The highest BCUT2D eigenvalue weighted by Gasteiger charge is 2.51. The zero-order valence-corrected chi connectivity index (χ0v) is 15.8. The van der Waals surface area contributed by atoms with Crippen molar-refractivity contribution in [2.75, 3.05) is 33.5 Å². The first-order valence-electron chi connectivity index (χ1n) is 7.85. The number of esters is 1. The van der Waals surface area contributed by atoms with E-state index in [9.17, 15) is 9.90 Å². The van der Waals surface area contributed by atoms with Crippen molar-refractivity contribution in [3.05, 3.63) is 0 Å². The summed E-state index contributed by atoms with van der Waals surface area (Å²) in [6.45, 7) is 10.2. The van der Waals surface area contributed by atoms with Gasteiger partial charge in [-0.25, -0.2) is 0 Å². The fourth-order valence-corrected chi connectivity index (χ4v) is 3.30. The predicted molar refractivity (Wildman–Crippen MR) is 87.2 cm³/mol. The topological polar surface area (TPSA) is 74.2 Å². The first-order valence-corrected chi connectivity index (χ1v) is 10.8. The smallest absolute Gasteiger partial charge is 0.305 e. The highest BCUT2D eigenvalue weighted by Crippen LogP contribution is 2.27. The van der Waals surface area contributed by atoms with E-state index in [1.165, 1.54) is 0 Å². The van der Waals surface area contributed by atoms with Gasteiger partial charge in [0, 0.05) is 13.5 Å². The van der Waals surface area contributed by atoms with Crippen LogP contribution in [-0.4, -0.2) is 64.3 Å². The van der Waals surface area contributed by atoms with Crippen LogP contribution in [0, 0.1) is 0 Å². The van der Waals surface area contributed by atoms with Crippen molar-refractivity contribution in [2.45, 2.75) is 58.0 Å². The molecular formula is C15H32O6Si. The van der Waals surface area contributed by atoms with Crippen LogP contribution in [-0.2, 0) is 23.4 Å². The number of aliphatic hydroxyl groups excluding tert-OH is 1. The van der Waals surface area contributed by atoms with Gasteiger partial charge < -0.3 is 23.7 Å². The third-order valence-corrected chi connectivity index (χ3v) is 7.62. The third kappa shape index (κ3) is 6.34. The van der Waals surface area contributed by atoms with Crippen LogP contribution in [0.3, 0.4) is 0 Å². The van der Waals surface area contributed by atoms with E-state index in [4.69, 9.17) is 18.6 Å². The van der Waals surface area contributed by atoms with Gasteiger partial charge in [0.05, 0.1) is 32.5 Å². The number of rotatable bonds is 12. The van der Waals surface area contributed by atoms with Crippen LogP contribution in [0.5, 0.6) is 0 Å². The minimum Gasteiger partial charge on any atom is -0.455 e. The Bertz CT molecular complexity index is 323. The molecular weight excluding hydrogens is 304 g/mol. The van der Waals surface area contributed by atoms with Gasteiger partial charge in [0.15, 0.2) is 5.22 Å². The fraction of sp³-hybridized carbons (Fsp3) is 0.933. The Kier molecular flexibility index (Phi) is 10.1. The van der Waals surface area contributed by atoms with Gasteiger partial charge in [-0.1, -0.05) is 13.8 Å². The van der Waals surface area contributed by atoms with E-state index < -0.39 is 13.5 Å². The lowest BCUT2D eigenvalue weighted by atomic mass is 10.3. The molecule has 0 saturated heterocycles. The van der Waals surface area contributed by atoms with Crippen molar-refractivity contribution in [3.8, 4) is 0 Å². The zero-order valence-electron chi connectivity index (χ0n) is 14.8. The van der Waals surface area contributed by atoms with Crippen molar-refractivity contribution < 1.29 is 28.5 Å². The molecule has 1 N–H and O–H groups in total. The Morgan fingerprint density at radius 3 is 2.36 bits per heavy atom. The molecule has 0 bridgehead atoms. The first kappa shape index (κ1) is 21.5. The first-order chi connectivity index (χ1) is 10.3. The average molecular weight is 337 g/mol. The lowest BCUT2D eigenvalue weighted by Gasteiger charge is -2.41. The summed E-state index contributed by atoms with van der Waals surface area (Å²) in [5, 5.41) is 8.73. The summed E-state index contributed by atoms with van der Waals surface area (Å²) < 4.78 is 22.2. The normalized spacial score (nSPS) is 16.1. The van der Waals surface area contributed by atoms with Gasteiger partial charge in [-0.2, -0.15) is 0 Å². The van der Waals surface area contributed by atoms with E-state index >= 15 is 0 Å². The van der Waals surface area contributed by atoms with Crippen molar-refractivity contribution in [1.29, 1.82) is 0 Å². The molecule has 0 heterocycles. The number of carbonyl (C=O) groups excluding carboxylic acids is 1. The molecule has 7 heteroatoms. The summed E-state index contributed by atoms with van der Waals surface area (Å²) in [5.41, 5.74) is 0. The van der Waals surface area contributed by atoms with Gasteiger partial charge in [0.25, 0.3) is 0 Å². The predicted octanol–water partition coefficient (Wildman–Crippen LogP) is 1.89. The Labute approximate surface area is 135 Å². The summed E-state index contributed by atoms with van der Waals surface area (Å²) in [6, 6.07) is 0. The van der Waals surface area contributed by atoms with Crippen LogP contribution < -0.4 is 0 Å². The maximum Gasteiger partial charge on any atom is 0.305 e. The quantitative estimate of drug-likeness (QED) is 0.333. The lowest BCUT2D eigenvalue weighted by Crippen LogP contribution is -2.63. The number of aliphatic hydroxyl groups is 1. The Balaban J connectivity index is 4.69. The van der Waals surface area contributed by atoms with E-state index in [2.05, 4.69) is 6.92 Å². The van der Waals surface area contributed by atoms with E-state index in [-0.39, 0.29) is 31.7 Å². The van der Waals surface area contributed by atoms with Gasteiger partial charge >= 0.3 is 5.97 Å². The standard InChI is InChI=1S/C15H32O6Si/c1-7-13(3)20-10-9-19-12-15(11-16,21-14(17)8-2)22(5,6)18-4/h13,16H,7-12H2,1-6H3. The molecule has 0 amide bonds. The monoisotopic (exact) mass is 336 g/mol. The van der Waals surface area contributed by atoms with Gasteiger partial charge in [0.1, 0.15) is 0 Å². The SMILES string of the molecule is CCC(=O)OC(CO)(COCCOC(C)CC)[Si](C)(C)OC. The minimum atomic E-state index is -2.48. The van der Waals surface area contributed by atoms with Crippen LogP contribution in [0.1, 0.15) is 33.6 Å². The molecule has 0 aromatic heterocycles. The van der Waals surface area contributed by atoms with Gasteiger partial charge in [-0.3, -0.25) is 4.79 Å². The second kappa shape index (κ2) is 10.3. The van der Waals surface area contributed by atoms with E-state index in [1.54, 1.807) is 14.0 Å². The Morgan fingerprint density at radius 2 is 1.91 bits per heavy atom. The minimum absolute atomic E-state index is 0.103. The highest BCUT2D eigenvalue weighted by molar-refractivity contribution is 6.74. The number of hydrogen-bond acceptors (Lipinski definition) is 6. The number of ether oxygens (including phenoxy) is 3. The maximum atomic E-state index is 11.7. The third-order valence-electron chi connectivity index (χ3n) is 4.00. The maximum absolute atomic E-state index is 11.7. The Hall–Kier alpha value is -0.473. The Morgan fingerprint density at radius 1 is 1.27 bits per heavy atom. The molecule has 0 radical (unpaired) electrons. The molecule has 0 rings (SSSR count). The van der Waals surface area contributed by atoms with Crippen LogP contribution >= 0.6 is 0 Å². The second-order valence-electron chi connectivity index (χ2n) is 5.84. The van der Waals surface area contributed by atoms with Crippen LogP contribution in [0.25, 0.3) is 0 Å². The molecule has 0 fully saturated rings. The molecule has 0 aliphatic heterocycles. The highest BCUT2D eigenvalue weighted by atomic mass is 28.4. The van der Waals surface area contributed by atoms with Crippen LogP contribution in [0.15, 0.2) is 0 Å². The number of hydrogen-bond donors (Lipinski definition) is 1. The van der Waals surface area contributed by atoms with Crippen molar-refractivity contribution in [3.63, 3.8) is 0 Å². The molecule has 0 spiro atoms. The van der Waals surface area contributed by atoms with Crippen molar-refractivity contribution in [2.24, 2.45) is 0 Å². The molecule has 2 atom stereocenters. The molecule has 6 nitrogen and oxygen atoms in total. The fourth-order valence-electron chi connectivity index (χ4n) is 1.73. The lowest BCUT2D eigenvalue weighted by molar-refractivity contribution is -0.163. The van der Waals surface area contributed by atoms with Crippen molar-refractivity contribution in [1.82, 2.24) is 0 Å². The van der Waals surface area contributed by atoms with Crippen molar-refractivity contribution >= 4 is 14.3 Å². The zero-order chi connectivity index (χ0) is 17.2. The van der Waals surface area contributed by atoms with E-state index in [1.807, 2.05) is 20.0 Å². The average Bonchev–Trinajstić information content (AvgIpc) is 2.52. The largest absolute Gasteiger partial charge is 0.455 e. The molecule has 132 valence electrons. The van der Waals surface area contributed by atoms with Crippen LogP contribution in [0.2, 0.25) is 13.1 Å². The summed E-state index contributed by atoms with van der Waals surface area (Å²) in [6.07, 6.45) is 1.37. The molecule has 0 aromatic carbocycles. The summed E-state index contributed by atoms with van der Waals surface area (Å²) >= 11 is 0. The van der Waals surface area contributed by atoms with Crippen LogP contribution in [0.4, 0.5) is 0 Å². The summed E-state index contributed by atoms with van der Waals surface area (Å²) in [5.74, 6) is -0.369. The molecule has 0 aromatic rings. The molecule has 0 aliphatic rings. The van der Waals surface area contributed by atoms with Gasteiger partial charge in [-0.15, -0.1) is 0 Å². The van der Waals surface area contributed by atoms with Gasteiger partial charge in [-0.05, 0) is 26.4 Å².